The summed E-state index contributed by atoms with van der Waals surface area (Å²) in [6.45, 7) is 0. The Kier molecular flexibility index (Phi) is 5.49. The number of aryl methyl sites for hydroxylation is 1. The summed E-state index contributed by atoms with van der Waals surface area (Å²) in [6, 6.07) is 20.7. The summed E-state index contributed by atoms with van der Waals surface area (Å²) in [5, 5.41) is 10.3. The van der Waals surface area contributed by atoms with Gasteiger partial charge in [-0.2, -0.15) is 0 Å². The molecule has 1 aliphatic heterocycles. The van der Waals surface area contributed by atoms with Gasteiger partial charge in [0.05, 0.1) is 30.5 Å². The summed E-state index contributed by atoms with van der Waals surface area (Å²) < 4.78 is 13.7. The van der Waals surface area contributed by atoms with Crippen molar-refractivity contribution in [2.45, 2.75) is 18.9 Å². The van der Waals surface area contributed by atoms with Crippen molar-refractivity contribution in [3.8, 4) is 17.2 Å². The van der Waals surface area contributed by atoms with Crippen LogP contribution < -0.4 is 24.4 Å². The molecule has 0 saturated heterocycles. The molecule has 2 aliphatic rings. The minimum atomic E-state index is -0.388. The van der Waals surface area contributed by atoms with Gasteiger partial charge in [-0.05, 0) is 42.2 Å². The van der Waals surface area contributed by atoms with E-state index >= 15 is 0 Å². The van der Waals surface area contributed by atoms with Gasteiger partial charge in [0.1, 0.15) is 5.75 Å². The number of para-hydroxylation sites is 2. The van der Waals surface area contributed by atoms with Gasteiger partial charge >= 0.3 is 0 Å². The summed E-state index contributed by atoms with van der Waals surface area (Å²) in [4.78, 5) is 19.5. The number of rotatable bonds is 4. The molecule has 6 nitrogen and oxygen atoms in total. The van der Waals surface area contributed by atoms with Crippen LogP contribution in [0.2, 0.25) is 0 Å². The molecule has 6 rings (SSSR count). The second-order valence-electron chi connectivity index (χ2n) is 8.76. The molecule has 1 aromatic heterocycles. The first-order valence-corrected chi connectivity index (χ1v) is 12.5. The molecule has 1 N–H and O–H groups in total. The molecule has 7 heteroatoms. The first-order valence-electron chi connectivity index (χ1n) is 11.7. The largest absolute Gasteiger partial charge is 0.507 e. The summed E-state index contributed by atoms with van der Waals surface area (Å²) in [5.41, 5.74) is 5.65. The zero-order chi connectivity index (χ0) is 24.8. The lowest BCUT2D eigenvalue weighted by Crippen LogP contribution is -2.39. The lowest BCUT2D eigenvalue weighted by molar-refractivity contribution is 0.348. The lowest BCUT2D eigenvalue weighted by Gasteiger charge is -2.31. The van der Waals surface area contributed by atoms with E-state index in [1.165, 1.54) is 16.9 Å². The van der Waals surface area contributed by atoms with Gasteiger partial charge in [0.25, 0.3) is 5.56 Å². The zero-order valence-electron chi connectivity index (χ0n) is 19.9. The number of thiazole rings is 1. The van der Waals surface area contributed by atoms with E-state index in [9.17, 15) is 9.90 Å². The van der Waals surface area contributed by atoms with E-state index in [4.69, 9.17) is 14.5 Å². The fraction of sp³-hybridized carbons (Fsp3) is 0.172. The molecule has 1 aliphatic carbocycles. The molecule has 0 unspecified atom stereocenters. The molecular formula is C29H24N2O4S. The predicted molar refractivity (Wildman–Crippen MR) is 140 cm³/mol. The van der Waals surface area contributed by atoms with E-state index in [0.717, 1.165) is 35.2 Å². The molecular weight excluding hydrogens is 472 g/mol. The molecule has 0 saturated carbocycles. The van der Waals surface area contributed by atoms with Crippen molar-refractivity contribution in [2.75, 3.05) is 14.2 Å². The van der Waals surface area contributed by atoms with Gasteiger partial charge in [-0.15, -0.1) is 0 Å². The monoisotopic (exact) mass is 496 g/mol. The van der Waals surface area contributed by atoms with Crippen LogP contribution in [-0.2, 0) is 6.42 Å². The number of benzene rings is 3. The number of fused-ring (bicyclic) bond motifs is 3. The summed E-state index contributed by atoms with van der Waals surface area (Å²) in [7, 11) is 3.23. The molecule has 0 bridgehead atoms. The number of phenols is 1. The SMILES string of the molecule is COc1cccc([C@H]2C3=C(N=c4s/c(=C\c5ccccc5O)c(=O)n42)c2ccccc2CC3)c1OC. The van der Waals surface area contributed by atoms with Crippen LogP contribution in [0.15, 0.2) is 82.1 Å². The van der Waals surface area contributed by atoms with Gasteiger partial charge in [0.15, 0.2) is 16.3 Å². The van der Waals surface area contributed by atoms with Crippen molar-refractivity contribution < 1.29 is 14.6 Å². The van der Waals surface area contributed by atoms with Crippen molar-refractivity contribution in [3.05, 3.63) is 114 Å². The highest BCUT2D eigenvalue weighted by Crippen LogP contribution is 2.45. The summed E-state index contributed by atoms with van der Waals surface area (Å²) >= 11 is 1.33. The van der Waals surface area contributed by atoms with Crippen LogP contribution >= 0.6 is 11.3 Å². The molecule has 0 amide bonds. The smallest absolute Gasteiger partial charge is 0.271 e. The van der Waals surface area contributed by atoms with Crippen LogP contribution in [0.4, 0.5) is 0 Å². The Labute approximate surface area is 211 Å². The molecule has 180 valence electrons. The Morgan fingerprint density at radius 2 is 1.81 bits per heavy atom. The quantitative estimate of drug-likeness (QED) is 0.463. The fourth-order valence-electron chi connectivity index (χ4n) is 5.18. The summed E-state index contributed by atoms with van der Waals surface area (Å²) in [5.74, 6) is 1.34. The molecule has 0 radical (unpaired) electrons. The standard InChI is InChI=1S/C29H24N2O4S/c1-34-23-13-7-11-21(27(23)35-2)26-20-15-14-17-8-3-5-10-19(17)25(20)30-29-31(26)28(33)24(36-29)16-18-9-4-6-12-22(18)32/h3-13,16,26,32H,14-15H2,1-2H3/b24-16-/t26-/m1/s1. The molecule has 2 heterocycles. The molecule has 0 fully saturated rings. The van der Waals surface area contributed by atoms with Crippen molar-refractivity contribution >= 4 is 23.1 Å². The first-order chi connectivity index (χ1) is 17.6. The Bertz CT molecular complexity index is 1710. The fourth-order valence-corrected chi connectivity index (χ4v) is 6.17. The molecule has 36 heavy (non-hydrogen) atoms. The van der Waals surface area contributed by atoms with Gasteiger partial charge in [-0.3, -0.25) is 9.36 Å². The van der Waals surface area contributed by atoms with Crippen LogP contribution in [0.1, 0.15) is 34.7 Å². The maximum absolute atomic E-state index is 13.9. The van der Waals surface area contributed by atoms with Crippen molar-refractivity contribution in [1.82, 2.24) is 4.57 Å². The maximum Gasteiger partial charge on any atom is 0.271 e. The minimum Gasteiger partial charge on any atom is -0.507 e. The van der Waals surface area contributed by atoms with E-state index in [-0.39, 0.29) is 17.4 Å². The number of allylic oxidation sites excluding steroid dienone is 1. The zero-order valence-corrected chi connectivity index (χ0v) is 20.7. The number of nitrogens with zero attached hydrogens (tertiary/aromatic N) is 2. The van der Waals surface area contributed by atoms with E-state index in [1.807, 2.05) is 30.3 Å². The van der Waals surface area contributed by atoms with Crippen LogP contribution in [0.25, 0.3) is 11.8 Å². The van der Waals surface area contributed by atoms with Crippen LogP contribution in [0, 0.1) is 0 Å². The number of aromatic nitrogens is 1. The van der Waals surface area contributed by atoms with Crippen molar-refractivity contribution in [2.24, 2.45) is 4.99 Å². The normalized spacial score (nSPS) is 16.6. The number of ether oxygens (including phenoxy) is 2. The number of aromatic hydroxyl groups is 1. The van der Waals surface area contributed by atoms with Gasteiger partial charge in [0, 0.05) is 16.7 Å². The average molecular weight is 497 g/mol. The number of hydrogen-bond donors (Lipinski definition) is 1. The second-order valence-corrected chi connectivity index (χ2v) is 9.76. The van der Waals surface area contributed by atoms with Gasteiger partial charge in [-0.25, -0.2) is 4.99 Å². The van der Waals surface area contributed by atoms with Crippen LogP contribution in [0.3, 0.4) is 0 Å². The van der Waals surface area contributed by atoms with Gasteiger partial charge < -0.3 is 14.6 Å². The molecule has 3 aromatic carbocycles. The second kappa shape index (κ2) is 8.84. The van der Waals surface area contributed by atoms with E-state index in [2.05, 4.69) is 18.2 Å². The highest BCUT2D eigenvalue weighted by Gasteiger charge is 2.34. The Morgan fingerprint density at radius 1 is 1.00 bits per heavy atom. The van der Waals surface area contributed by atoms with Crippen molar-refractivity contribution in [3.63, 3.8) is 0 Å². The highest BCUT2D eigenvalue weighted by molar-refractivity contribution is 7.07. The maximum atomic E-state index is 13.9. The van der Waals surface area contributed by atoms with Crippen molar-refractivity contribution in [1.29, 1.82) is 0 Å². The number of methoxy groups -OCH3 is 2. The van der Waals surface area contributed by atoms with Gasteiger partial charge in [-0.1, -0.05) is 65.9 Å². The third-order valence-corrected chi connectivity index (χ3v) is 7.81. The Balaban J connectivity index is 1.67. The number of phenolic OH excluding ortho intramolecular Hbond substituents is 1. The highest BCUT2D eigenvalue weighted by atomic mass is 32.1. The van der Waals surface area contributed by atoms with E-state index in [1.54, 1.807) is 43.1 Å². The predicted octanol–water partition coefficient (Wildman–Crippen LogP) is 4.04. The first kappa shape index (κ1) is 22.4. The third-order valence-electron chi connectivity index (χ3n) is 6.82. The topological polar surface area (TPSA) is 73.0 Å². The average Bonchev–Trinajstić information content (AvgIpc) is 3.22. The number of hydrogen-bond acceptors (Lipinski definition) is 6. The third kappa shape index (κ3) is 3.46. The van der Waals surface area contributed by atoms with Crippen LogP contribution in [-0.4, -0.2) is 23.9 Å². The molecule has 4 aromatic rings. The lowest BCUT2D eigenvalue weighted by atomic mass is 9.83. The van der Waals surface area contributed by atoms with Gasteiger partial charge in [0.2, 0.25) is 0 Å². The van der Waals surface area contributed by atoms with Crippen LogP contribution in [0.5, 0.6) is 17.2 Å². The molecule has 0 spiro atoms. The van der Waals surface area contributed by atoms with E-state index < -0.39 is 0 Å². The van der Waals surface area contributed by atoms with E-state index in [0.29, 0.717) is 26.4 Å². The summed E-state index contributed by atoms with van der Waals surface area (Å²) in [6.07, 6.45) is 3.38. The molecule has 1 atom stereocenters. The Morgan fingerprint density at radius 3 is 2.61 bits per heavy atom. The minimum absolute atomic E-state index is 0.127. The Hall–Kier alpha value is -4.10.